The molecular weight excluding hydrogens is 272 g/mol. The predicted octanol–water partition coefficient (Wildman–Crippen LogP) is 1.88. The molecule has 1 aromatic heterocycles. The van der Waals surface area contributed by atoms with Crippen LogP contribution >= 0.6 is 11.8 Å². The van der Waals surface area contributed by atoms with E-state index in [1.807, 2.05) is 41.9 Å². The van der Waals surface area contributed by atoms with Crippen molar-refractivity contribution in [3.05, 3.63) is 36.2 Å². The van der Waals surface area contributed by atoms with Crippen molar-refractivity contribution in [3.63, 3.8) is 0 Å². The maximum Gasteiger partial charge on any atom is 0.190 e. The first-order valence-electron chi connectivity index (χ1n) is 6.70. The van der Waals surface area contributed by atoms with Gasteiger partial charge in [0.2, 0.25) is 0 Å². The Labute approximate surface area is 123 Å². The van der Waals surface area contributed by atoms with E-state index in [2.05, 4.69) is 10.2 Å². The first-order chi connectivity index (χ1) is 9.81. The van der Waals surface area contributed by atoms with E-state index in [4.69, 9.17) is 10.5 Å². The van der Waals surface area contributed by atoms with Crippen LogP contribution in [0.5, 0.6) is 5.75 Å². The number of nitrogens with zero attached hydrogens (tertiary/aromatic N) is 3. The number of ether oxygens (including phenoxy) is 1. The van der Waals surface area contributed by atoms with Gasteiger partial charge in [-0.2, -0.15) is 0 Å². The Morgan fingerprint density at radius 1 is 1.25 bits per heavy atom. The fourth-order valence-corrected chi connectivity index (χ4v) is 2.59. The van der Waals surface area contributed by atoms with E-state index in [1.165, 1.54) is 0 Å². The molecule has 0 atom stereocenters. The molecule has 0 fully saturated rings. The summed E-state index contributed by atoms with van der Waals surface area (Å²) in [5.74, 6) is 2.82. The van der Waals surface area contributed by atoms with Crippen LogP contribution in [0.3, 0.4) is 0 Å². The molecule has 2 aromatic rings. The molecule has 5 nitrogen and oxygen atoms in total. The molecular formula is C14H20N4OS. The van der Waals surface area contributed by atoms with Gasteiger partial charge in [-0.05, 0) is 25.1 Å². The fourth-order valence-electron chi connectivity index (χ4n) is 1.75. The second-order valence-corrected chi connectivity index (χ2v) is 5.42. The minimum Gasteiger partial charge on any atom is -0.494 e. The maximum absolute atomic E-state index is 5.65. The van der Waals surface area contributed by atoms with Crippen molar-refractivity contribution in [1.82, 2.24) is 14.8 Å². The van der Waals surface area contributed by atoms with Crippen LogP contribution in [-0.4, -0.2) is 33.7 Å². The van der Waals surface area contributed by atoms with Crippen LogP contribution in [0.4, 0.5) is 0 Å². The van der Waals surface area contributed by atoms with Gasteiger partial charge in [0.05, 0.1) is 6.61 Å². The third kappa shape index (κ3) is 4.25. The number of aromatic nitrogens is 3. The second-order valence-electron chi connectivity index (χ2n) is 4.36. The summed E-state index contributed by atoms with van der Waals surface area (Å²) in [6.45, 7) is 1.31. The van der Waals surface area contributed by atoms with E-state index >= 15 is 0 Å². The summed E-state index contributed by atoms with van der Waals surface area (Å²) in [6.07, 6.45) is 1.74. The molecule has 0 amide bonds. The van der Waals surface area contributed by atoms with Crippen molar-refractivity contribution >= 4 is 11.8 Å². The molecule has 0 radical (unpaired) electrons. The Kier molecular flexibility index (Phi) is 5.88. The number of hydrogen-bond acceptors (Lipinski definition) is 5. The van der Waals surface area contributed by atoms with Gasteiger partial charge in [-0.1, -0.05) is 30.0 Å². The molecule has 108 valence electrons. The van der Waals surface area contributed by atoms with Crippen LogP contribution in [0.15, 0.2) is 35.5 Å². The van der Waals surface area contributed by atoms with Crippen LogP contribution in [0.1, 0.15) is 12.2 Å². The summed E-state index contributed by atoms with van der Waals surface area (Å²) in [6, 6.07) is 9.87. The zero-order chi connectivity index (χ0) is 14.2. The number of hydrogen-bond donors (Lipinski definition) is 1. The van der Waals surface area contributed by atoms with E-state index in [0.29, 0.717) is 13.2 Å². The molecule has 0 saturated heterocycles. The largest absolute Gasteiger partial charge is 0.494 e. The van der Waals surface area contributed by atoms with Crippen molar-refractivity contribution in [2.24, 2.45) is 12.8 Å². The molecule has 2 N–H and O–H groups in total. The highest BCUT2D eigenvalue weighted by Crippen LogP contribution is 2.17. The lowest BCUT2D eigenvalue weighted by atomic mass is 10.3. The average Bonchev–Trinajstić information content (AvgIpc) is 2.82. The molecule has 1 heterocycles. The number of thioether (sulfide) groups is 1. The van der Waals surface area contributed by atoms with Crippen molar-refractivity contribution in [3.8, 4) is 5.75 Å². The first kappa shape index (κ1) is 14.9. The molecule has 20 heavy (non-hydrogen) atoms. The SMILES string of the molecule is Cn1c(CCN)nnc1SCCCOc1ccccc1. The van der Waals surface area contributed by atoms with E-state index in [-0.39, 0.29) is 0 Å². The van der Waals surface area contributed by atoms with E-state index in [0.717, 1.165) is 35.3 Å². The van der Waals surface area contributed by atoms with Gasteiger partial charge in [-0.3, -0.25) is 0 Å². The summed E-state index contributed by atoms with van der Waals surface area (Å²) in [7, 11) is 1.98. The third-order valence-electron chi connectivity index (χ3n) is 2.82. The maximum atomic E-state index is 5.65. The van der Waals surface area contributed by atoms with Crippen LogP contribution in [0, 0.1) is 0 Å². The third-order valence-corrected chi connectivity index (χ3v) is 3.93. The van der Waals surface area contributed by atoms with Crippen LogP contribution in [-0.2, 0) is 13.5 Å². The van der Waals surface area contributed by atoms with Gasteiger partial charge in [0.1, 0.15) is 11.6 Å². The number of rotatable bonds is 8. The molecule has 0 saturated carbocycles. The lowest BCUT2D eigenvalue weighted by Gasteiger charge is -2.05. The molecule has 0 bridgehead atoms. The summed E-state index contributed by atoms with van der Waals surface area (Å²) < 4.78 is 7.65. The Morgan fingerprint density at radius 2 is 2.05 bits per heavy atom. The van der Waals surface area contributed by atoms with Gasteiger partial charge in [0.25, 0.3) is 0 Å². The number of benzene rings is 1. The van der Waals surface area contributed by atoms with Crippen LogP contribution in [0.2, 0.25) is 0 Å². The van der Waals surface area contributed by atoms with Crippen LogP contribution in [0.25, 0.3) is 0 Å². The Morgan fingerprint density at radius 3 is 2.80 bits per heavy atom. The Balaban J connectivity index is 1.68. The van der Waals surface area contributed by atoms with Gasteiger partial charge in [0.15, 0.2) is 5.16 Å². The van der Waals surface area contributed by atoms with Crippen molar-refractivity contribution in [1.29, 1.82) is 0 Å². The van der Waals surface area contributed by atoms with E-state index < -0.39 is 0 Å². The molecule has 0 aliphatic carbocycles. The zero-order valence-electron chi connectivity index (χ0n) is 11.7. The highest BCUT2D eigenvalue weighted by atomic mass is 32.2. The van der Waals surface area contributed by atoms with E-state index in [1.54, 1.807) is 11.8 Å². The van der Waals surface area contributed by atoms with Gasteiger partial charge >= 0.3 is 0 Å². The average molecular weight is 292 g/mol. The highest BCUT2D eigenvalue weighted by molar-refractivity contribution is 7.99. The topological polar surface area (TPSA) is 66.0 Å². The van der Waals surface area contributed by atoms with Gasteiger partial charge in [-0.15, -0.1) is 10.2 Å². The lowest BCUT2D eigenvalue weighted by Crippen LogP contribution is -2.08. The molecule has 1 aromatic carbocycles. The fraction of sp³-hybridized carbons (Fsp3) is 0.429. The van der Waals surface area contributed by atoms with Crippen LogP contribution < -0.4 is 10.5 Å². The zero-order valence-corrected chi connectivity index (χ0v) is 12.5. The normalized spacial score (nSPS) is 10.7. The van der Waals surface area contributed by atoms with Gasteiger partial charge in [-0.25, -0.2) is 0 Å². The lowest BCUT2D eigenvalue weighted by molar-refractivity contribution is 0.318. The second kappa shape index (κ2) is 7.91. The standard InChI is InChI=1S/C14H20N4OS/c1-18-13(8-9-15)16-17-14(18)20-11-5-10-19-12-6-3-2-4-7-12/h2-4,6-7H,5,8-11,15H2,1H3. The van der Waals surface area contributed by atoms with Crippen molar-refractivity contribution in [2.75, 3.05) is 18.9 Å². The predicted molar refractivity (Wildman–Crippen MR) is 81.0 cm³/mol. The quantitative estimate of drug-likeness (QED) is 0.594. The highest BCUT2D eigenvalue weighted by Gasteiger charge is 2.07. The van der Waals surface area contributed by atoms with Gasteiger partial charge in [0, 0.05) is 19.2 Å². The monoisotopic (exact) mass is 292 g/mol. The minimum atomic E-state index is 0.599. The number of para-hydroxylation sites is 1. The summed E-state index contributed by atoms with van der Waals surface area (Å²) in [5, 5.41) is 9.24. The molecule has 0 aliphatic heterocycles. The molecule has 0 aliphatic rings. The smallest absolute Gasteiger partial charge is 0.190 e. The van der Waals surface area contributed by atoms with Gasteiger partial charge < -0.3 is 15.0 Å². The summed E-state index contributed by atoms with van der Waals surface area (Å²) in [4.78, 5) is 0. The number of nitrogens with two attached hydrogens (primary N) is 1. The van der Waals surface area contributed by atoms with Crippen molar-refractivity contribution < 1.29 is 4.74 Å². The first-order valence-corrected chi connectivity index (χ1v) is 7.69. The van der Waals surface area contributed by atoms with E-state index in [9.17, 15) is 0 Å². The van der Waals surface area contributed by atoms with Crippen molar-refractivity contribution in [2.45, 2.75) is 18.0 Å². The molecule has 0 unspecified atom stereocenters. The molecule has 2 rings (SSSR count). The molecule has 0 spiro atoms. The summed E-state index contributed by atoms with van der Waals surface area (Å²) in [5.41, 5.74) is 5.53. The molecule has 6 heteroatoms. The Bertz CT molecular complexity index is 515. The summed E-state index contributed by atoms with van der Waals surface area (Å²) >= 11 is 1.70. The minimum absolute atomic E-state index is 0.599. The Hall–Kier alpha value is -1.53.